The van der Waals surface area contributed by atoms with Gasteiger partial charge in [-0.15, -0.1) is 0 Å². The molecule has 1 spiro atoms. The van der Waals surface area contributed by atoms with Gasteiger partial charge in [0.05, 0.1) is 11.8 Å². The molecule has 116 valence electrons. The van der Waals surface area contributed by atoms with Crippen LogP contribution >= 0.6 is 0 Å². The van der Waals surface area contributed by atoms with Gasteiger partial charge in [0.1, 0.15) is 5.82 Å². The average molecular weight is 302 g/mol. The van der Waals surface area contributed by atoms with Crippen molar-refractivity contribution in [3.8, 4) is 0 Å². The van der Waals surface area contributed by atoms with Gasteiger partial charge in [-0.25, -0.2) is 4.98 Å². The number of hydrogen-bond acceptors (Lipinski definition) is 5. The summed E-state index contributed by atoms with van der Waals surface area (Å²) in [6.07, 6.45) is 3.51. The molecule has 22 heavy (non-hydrogen) atoms. The van der Waals surface area contributed by atoms with E-state index in [1.54, 1.807) is 6.20 Å². The molecule has 2 aliphatic heterocycles. The minimum absolute atomic E-state index is 0.168. The molecule has 0 radical (unpaired) electrons. The highest BCUT2D eigenvalue weighted by molar-refractivity contribution is 6.01. The second-order valence-corrected chi connectivity index (χ2v) is 6.00. The van der Waals surface area contributed by atoms with E-state index in [2.05, 4.69) is 10.3 Å². The minimum atomic E-state index is -0.485. The monoisotopic (exact) mass is 302 g/mol. The van der Waals surface area contributed by atoms with E-state index in [9.17, 15) is 14.4 Å². The molecule has 0 bridgehead atoms. The van der Waals surface area contributed by atoms with Crippen LogP contribution in [0.3, 0.4) is 0 Å². The smallest absolute Gasteiger partial charge is 0.234 e. The molecule has 7 nitrogen and oxygen atoms in total. The van der Waals surface area contributed by atoms with E-state index in [1.165, 1.54) is 0 Å². The SMILES string of the molecule is NC(=O)Cc1ccc(N2CC[C@@]3(CCC(=O)NC3=O)C2)nc1. The number of anilines is 1. The Labute approximate surface area is 127 Å². The van der Waals surface area contributed by atoms with Gasteiger partial charge in [0.25, 0.3) is 0 Å². The third-order valence-electron chi connectivity index (χ3n) is 4.43. The van der Waals surface area contributed by atoms with Crippen molar-refractivity contribution in [2.45, 2.75) is 25.7 Å². The summed E-state index contributed by atoms with van der Waals surface area (Å²) in [5, 5.41) is 2.44. The Balaban J connectivity index is 1.71. The average Bonchev–Trinajstić information content (AvgIpc) is 2.89. The van der Waals surface area contributed by atoms with Crippen LogP contribution in [0.4, 0.5) is 5.82 Å². The van der Waals surface area contributed by atoms with Gasteiger partial charge in [0, 0.05) is 25.7 Å². The number of primary amides is 1. The lowest BCUT2D eigenvalue weighted by Gasteiger charge is -2.31. The molecule has 1 atom stereocenters. The Morgan fingerprint density at radius 1 is 1.36 bits per heavy atom. The largest absolute Gasteiger partial charge is 0.369 e. The van der Waals surface area contributed by atoms with E-state index >= 15 is 0 Å². The van der Waals surface area contributed by atoms with Gasteiger partial charge in [-0.2, -0.15) is 0 Å². The topological polar surface area (TPSA) is 105 Å². The predicted molar refractivity (Wildman–Crippen MR) is 78.8 cm³/mol. The third-order valence-corrected chi connectivity index (χ3v) is 4.43. The number of piperidine rings is 1. The van der Waals surface area contributed by atoms with Crippen molar-refractivity contribution in [2.75, 3.05) is 18.0 Å². The Bertz CT molecular complexity index is 628. The molecule has 2 saturated heterocycles. The normalized spacial score (nSPS) is 24.6. The number of amides is 3. The van der Waals surface area contributed by atoms with Crippen LogP contribution in [-0.2, 0) is 20.8 Å². The van der Waals surface area contributed by atoms with E-state index in [0.29, 0.717) is 19.4 Å². The molecule has 1 aromatic heterocycles. The molecule has 0 aromatic carbocycles. The molecule has 3 rings (SSSR count). The van der Waals surface area contributed by atoms with Gasteiger partial charge in [-0.05, 0) is 24.5 Å². The lowest BCUT2D eigenvalue weighted by molar-refractivity contribution is -0.140. The van der Waals surface area contributed by atoms with Crippen molar-refractivity contribution >= 4 is 23.5 Å². The molecule has 0 unspecified atom stereocenters. The molecule has 0 saturated carbocycles. The summed E-state index contributed by atoms with van der Waals surface area (Å²) in [4.78, 5) is 40.7. The quantitative estimate of drug-likeness (QED) is 0.749. The predicted octanol–water partition coefficient (Wildman–Crippen LogP) is -0.258. The summed E-state index contributed by atoms with van der Waals surface area (Å²) in [5.74, 6) is 0.0209. The number of carbonyl (C=O) groups is 3. The highest BCUT2D eigenvalue weighted by atomic mass is 16.2. The zero-order valence-electron chi connectivity index (χ0n) is 12.2. The molecular formula is C15H18N4O3. The maximum absolute atomic E-state index is 12.2. The van der Waals surface area contributed by atoms with Gasteiger partial charge in [-0.1, -0.05) is 6.07 Å². The first-order valence-electron chi connectivity index (χ1n) is 7.31. The molecule has 2 fully saturated rings. The van der Waals surface area contributed by atoms with Crippen LogP contribution in [0.5, 0.6) is 0 Å². The molecule has 1 aromatic rings. The molecule has 0 aliphatic carbocycles. The molecule has 3 N–H and O–H groups in total. The number of rotatable bonds is 3. The molecule has 2 aliphatic rings. The van der Waals surface area contributed by atoms with Crippen LogP contribution in [0.1, 0.15) is 24.8 Å². The van der Waals surface area contributed by atoms with E-state index < -0.39 is 11.3 Å². The molecule has 3 heterocycles. The van der Waals surface area contributed by atoms with Crippen molar-refractivity contribution < 1.29 is 14.4 Å². The Kier molecular flexibility index (Phi) is 3.56. The number of carbonyl (C=O) groups excluding carboxylic acids is 3. The fourth-order valence-corrected chi connectivity index (χ4v) is 3.15. The first-order chi connectivity index (χ1) is 10.5. The van der Waals surface area contributed by atoms with Crippen LogP contribution in [0.25, 0.3) is 0 Å². The van der Waals surface area contributed by atoms with Gasteiger partial charge >= 0.3 is 0 Å². The summed E-state index contributed by atoms with van der Waals surface area (Å²) in [5.41, 5.74) is 5.44. The van der Waals surface area contributed by atoms with Gasteiger partial charge < -0.3 is 10.6 Å². The van der Waals surface area contributed by atoms with Crippen molar-refractivity contribution in [1.82, 2.24) is 10.3 Å². The number of nitrogens with two attached hydrogens (primary N) is 1. The van der Waals surface area contributed by atoms with E-state index in [0.717, 1.165) is 24.3 Å². The van der Waals surface area contributed by atoms with Crippen LogP contribution in [-0.4, -0.2) is 35.8 Å². The maximum Gasteiger partial charge on any atom is 0.234 e. The Morgan fingerprint density at radius 3 is 2.82 bits per heavy atom. The first kappa shape index (κ1) is 14.5. The second kappa shape index (κ2) is 5.40. The van der Waals surface area contributed by atoms with E-state index in [4.69, 9.17) is 5.73 Å². The highest BCUT2D eigenvalue weighted by Gasteiger charge is 2.47. The third kappa shape index (κ3) is 2.66. The zero-order chi connectivity index (χ0) is 15.7. The number of nitrogens with zero attached hydrogens (tertiary/aromatic N) is 2. The van der Waals surface area contributed by atoms with Crippen molar-refractivity contribution in [2.24, 2.45) is 11.1 Å². The zero-order valence-corrected chi connectivity index (χ0v) is 12.2. The maximum atomic E-state index is 12.2. The summed E-state index contributed by atoms with van der Waals surface area (Å²) >= 11 is 0. The summed E-state index contributed by atoms with van der Waals surface area (Å²) in [6, 6.07) is 3.66. The molecular weight excluding hydrogens is 284 g/mol. The van der Waals surface area contributed by atoms with E-state index in [-0.39, 0.29) is 18.2 Å². The van der Waals surface area contributed by atoms with Crippen LogP contribution in [0.2, 0.25) is 0 Å². The minimum Gasteiger partial charge on any atom is -0.369 e. The van der Waals surface area contributed by atoms with E-state index in [1.807, 2.05) is 17.0 Å². The second-order valence-electron chi connectivity index (χ2n) is 6.00. The van der Waals surface area contributed by atoms with Crippen molar-refractivity contribution in [3.05, 3.63) is 23.9 Å². The van der Waals surface area contributed by atoms with Crippen LogP contribution in [0, 0.1) is 5.41 Å². The van der Waals surface area contributed by atoms with Crippen LogP contribution < -0.4 is 16.0 Å². The Hall–Kier alpha value is -2.44. The standard InChI is InChI=1S/C15H18N4O3/c16-11(20)7-10-1-2-12(17-8-10)19-6-5-15(9-19)4-3-13(21)18-14(15)22/h1-2,8H,3-7,9H2,(H2,16,20)(H,18,21,22)/t15-/m0/s1. The fraction of sp³-hybridized carbons (Fsp3) is 0.467. The van der Waals surface area contributed by atoms with Crippen molar-refractivity contribution in [1.29, 1.82) is 0 Å². The van der Waals surface area contributed by atoms with Gasteiger partial charge in [-0.3, -0.25) is 19.7 Å². The summed E-state index contributed by atoms with van der Waals surface area (Å²) in [7, 11) is 0. The molecule has 7 heteroatoms. The van der Waals surface area contributed by atoms with Gasteiger partial charge in [0.15, 0.2) is 0 Å². The summed E-state index contributed by atoms with van der Waals surface area (Å²) in [6.45, 7) is 1.29. The fourth-order valence-electron chi connectivity index (χ4n) is 3.15. The number of nitrogens with one attached hydrogen (secondary N) is 1. The first-order valence-corrected chi connectivity index (χ1v) is 7.31. The number of pyridine rings is 1. The number of imide groups is 1. The number of aromatic nitrogens is 1. The van der Waals surface area contributed by atoms with Crippen molar-refractivity contribution in [3.63, 3.8) is 0 Å². The Morgan fingerprint density at radius 2 is 2.18 bits per heavy atom. The molecule has 3 amide bonds. The lowest BCUT2D eigenvalue weighted by atomic mass is 9.79. The number of hydrogen-bond donors (Lipinski definition) is 2. The lowest BCUT2D eigenvalue weighted by Crippen LogP contribution is -2.50. The van der Waals surface area contributed by atoms with Crippen LogP contribution in [0.15, 0.2) is 18.3 Å². The highest BCUT2D eigenvalue weighted by Crippen LogP contribution is 2.39. The van der Waals surface area contributed by atoms with Gasteiger partial charge in [0.2, 0.25) is 17.7 Å². The summed E-state index contributed by atoms with van der Waals surface area (Å²) < 4.78 is 0.